The molecule has 0 N–H and O–H groups in total. The Bertz CT molecular complexity index is 1120. The van der Waals surface area contributed by atoms with E-state index in [2.05, 4.69) is 0 Å². The zero-order valence-corrected chi connectivity index (χ0v) is 17.9. The van der Waals surface area contributed by atoms with Gasteiger partial charge in [-0.15, -0.1) is 0 Å². The molecule has 0 aromatic heterocycles. The van der Waals surface area contributed by atoms with Gasteiger partial charge in [0.1, 0.15) is 0 Å². The molecule has 7 nitrogen and oxygen atoms in total. The minimum atomic E-state index is -3.90. The van der Waals surface area contributed by atoms with E-state index in [4.69, 9.17) is 9.47 Å². The zero-order valence-electron chi connectivity index (χ0n) is 16.2. The maximum absolute atomic E-state index is 13.3. The fourth-order valence-corrected chi connectivity index (χ4v) is 6.09. The van der Waals surface area contributed by atoms with Crippen LogP contribution in [0.3, 0.4) is 0 Å². The molecule has 0 unspecified atom stereocenters. The Morgan fingerprint density at radius 3 is 2.25 bits per heavy atom. The number of hydrogen-bond donors (Lipinski definition) is 0. The van der Waals surface area contributed by atoms with Crippen molar-refractivity contribution in [2.24, 2.45) is 0 Å². The second kappa shape index (κ2) is 7.38. The van der Waals surface area contributed by atoms with Crippen molar-refractivity contribution in [1.82, 2.24) is 4.31 Å². The van der Waals surface area contributed by atoms with Gasteiger partial charge in [0.2, 0.25) is 16.8 Å². The van der Waals surface area contributed by atoms with Crippen LogP contribution in [-0.4, -0.2) is 40.7 Å². The average Bonchev–Trinajstić information content (AvgIpc) is 3.07. The Morgan fingerprint density at radius 2 is 1.61 bits per heavy atom. The first-order valence-corrected chi connectivity index (χ1v) is 12.1. The van der Waals surface area contributed by atoms with Crippen LogP contribution in [0.4, 0.5) is 0 Å². The van der Waals surface area contributed by atoms with E-state index < -0.39 is 19.9 Å². The van der Waals surface area contributed by atoms with Crippen molar-refractivity contribution in [2.75, 3.05) is 19.6 Å². The normalized spacial score (nSPS) is 13.9. The van der Waals surface area contributed by atoms with Crippen molar-refractivity contribution in [3.05, 3.63) is 47.0 Å². The largest absolute Gasteiger partial charge is 0.454 e. The lowest BCUT2D eigenvalue weighted by atomic mass is 10.2. The van der Waals surface area contributed by atoms with E-state index in [0.717, 1.165) is 11.8 Å². The van der Waals surface area contributed by atoms with E-state index >= 15 is 0 Å². The van der Waals surface area contributed by atoms with E-state index in [1.54, 1.807) is 32.0 Å². The number of sulfonamides is 1. The summed E-state index contributed by atoms with van der Waals surface area (Å²) in [5, 5.41) is 0. The Hall–Kier alpha value is -2.10. The maximum Gasteiger partial charge on any atom is 0.243 e. The number of benzene rings is 2. The van der Waals surface area contributed by atoms with Gasteiger partial charge in [0.05, 0.1) is 9.79 Å². The molecule has 28 heavy (non-hydrogen) atoms. The first-order valence-electron chi connectivity index (χ1n) is 8.74. The van der Waals surface area contributed by atoms with Crippen LogP contribution in [0.2, 0.25) is 0 Å². The molecule has 0 amide bonds. The third kappa shape index (κ3) is 3.87. The van der Waals surface area contributed by atoms with Gasteiger partial charge in [0, 0.05) is 19.3 Å². The maximum atomic E-state index is 13.3. The molecule has 1 aliphatic rings. The van der Waals surface area contributed by atoms with Crippen molar-refractivity contribution in [2.45, 2.75) is 37.1 Å². The third-order valence-corrected chi connectivity index (χ3v) is 7.89. The van der Waals surface area contributed by atoms with Gasteiger partial charge in [0.25, 0.3) is 0 Å². The quantitative estimate of drug-likeness (QED) is 0.707. The molecule has 152 valence electrons. The standard InChI is InChI=1S/C19H23NO6S2/c1-5-20(11-15-6-7-16-17(10-15)26-12-25-16)28(23,24)19-9-13(2)8-18(14(19)3)27(4,21)22/h6-10H,5,11-12H2,1-4H3. The summed E-state index contributed by atoms with van der Waals surface area (Å²) in [5.74, 6) is 1.21. The van der Waals surface area contributed by atoms with Crippen LogP contribution in [0.25, 0.3) is 0 Å². The molecule has 0 aliphatic carbocycles. The summed E-state index contributed by atoms with van der Waals surface area (Å²) in [4.78, 5) is 0.0423. The molecule has 0 bridgehead atoms. The lowest BCUT2D eigenvalue weighted by Gasteiger charge is -2.23. The van der Waals surface area contributed by atoms with Crippen LogP contribution in [0, 0.1) is 13.8 Å². The summed E-state index contributed by atoms with van der Waals surface area (Å²) in [6, 6.07) is 8.31. The Kier molecular flexibility index (Phi) is 5.44. The number of ether oxygens (including phenoxy) is 2. The highest BCUT2D eigenvalue weighted by Gasteiger charge is 2.28. The van der Waals surface area contributed by atoms with E-state index in [9.17, 15) is 16.8 Å². The minimum absolute atomic E-state index is 0.00974. The molecule has 2 aromatic carbocycles. The summed E-state index contributed by atoms with van der Waals surface area (Å²) in [5.41, 5.74) is 1.56. The van der Waals surface area contributed by atoms with Crippen LogP contribution in [-0.2, 0) is 26.4 Å². The molecule has 1 aliphatic heterocycles. The van der Waals surface area contributed by atoms with Crippen LogP contribution in [0.5, 0.6) is 11.5 Å². The lowest BCUT2D eigenvalue weighted by Crippen LogP contribution is -2.31. The fourth-order valence-electron chi connectivity index (χ4n) is 3.19. The van der Waals surface area contributed by atoms with Crippen molar-refractivity contribution in [3.63, 3.8) is 0 Å². The Balaban J connectivity index is 2.02. The molecule has 2 aromatic rings. The van der Waals surface area contributed by atoms with Crippen molar-refractivity contribution >= 4 is 19.9 Å². The van der Waals surface area contributed by atoms with Gasteiger partial charge in [0.15, 0.2) is 21.3 Å². The highest BCUT2D eigenvalue weighted by atomic mass is 32.2. The van der Waals surface area contributed by atoms with Gasteiger partial charge < -0.3 is 9.47 Å². The van der Waals surface area contributed by atoms with Crippen LogP contribution in [0.1, 0.15) is 23.6 Å². The summed E-state index contributed by atoms with van der Waals surface area (Å²) in [6.45, 7) is 5.46. The van der Waals surface area contributed by atoms with Crippen molar-refractivity contribution in [3.8, 4) is 11.5 Å². The number of hydrogen-bond acceptors (Lipinski definition) is 6. The molecule has 0 fully saturated rings. The number of rotatable bonds is 6. The van der Waals surface area contributed by atoms with Gasteiger partial charge in [-0.3, -0.25) is 0 Å². The molecule has 0 saturated heterocycles. The average molecular weight is 426 g/mol. The second-order valence-corrected chi connectivity index (χ2v) is 10.7. The highest BCUT2D eigenvalue weighted by molar-refractivity contribution is 7.91. The summed E-state index contributed by atoms with van der Waals surface area (Å²) in [7, 11) is -7.45. The van der Waals surface area contributed by atoms with Gasteiger partial charge in [-0.2, -0.15) is 4.31 Å². The molecule has 0 atom stereocenters. The Morgan fingerprint density at radius 1 is 0.964 bits per heavy atom. The van der Waals surface area contributed by atoms with E-state index in [0.29, 0.717) is 17.1 Å². The molecule has 3 rings (SSSR count). The number of aryl methyl sites for hydroxylation is 1. The van der Waals surface area contributed by atoms with Crippen LogP contribution < -0.4 is 9.47 Å². The van der Waals surface area contributed by atoms with E-state index in [-0.39, 0.29) is 35.2 Å². The van der Waals surface area contributed by atoms with E-state index in [1.807, 2.05) is 0 Å². The molecular formula is C19H23NO6S2. The minimum Gasteiger partial charge on any atom is -0.454 e. The summed E-state index contributed by atoms with van der Waals surface area (Å²) >= 11 is 0. The van der Waals surface area contributed by atoms with Crippen LogP contribution in [0.15, 0.2) is 40.1 Å². The third-order valence-electron chi connectivity index (χ3n) is 4.62. The molecular weight excluding hydrogens is 402 g/mol. The zero-order chi connectivity index (χ0) is 20.7. The molecule has 0 saturated carbocycles. The second-order valence-electron chi connectivity index (χ2n) is 6.78. The molecule has 1 heterocycles. The van der Waals surface area contributed by atoms with Crippen molar-refractivity contribution in [1.29, 1.82) is 0 Å². The fraction of sp³-hybridized carbons (Fsp3) is 0.368. The Labute approximate surface area is 165 Å². The topological polar surface area (TPSA) is 90.0 Å². The molecule has 0 radical (unpaired) electrons. The number of sulfone groups is 1. The molecule has 9 heteroatoms. The monoisotopic (exact) mass is 425 g/mol. The highest BCUT2D eigenvalue weighted by Crippen LogP contribution is 2.34. The number of fused-ring (bicyclic) bond motifs is 1. The van der Waals surface area contributed by atoms with Crippen molar-refractivity contribution < 1.29 is 26.3 Å². The number of nitrogens with zero attached hydrogens (tertiary/aromatic N) is 1. The van der Waals surface area contributed by atoms with Gasteiger partial charge in [-0.1, -0.05) is 13.0 Å². The lowest BCUT2D eigenvalue weighted by molar-refractivity contribution is 0.174. The van der Waals surface area contributed by atoms with E-state index in [1.165, 1.54) is 23.4 Å². The summed E-state index contributed by atoms with van der Waals surface area (Å²) in [6.07, 6.45) is 1.08. The van der Waals surface area contributed by atoms with Crippen LogP contribution >= 0.6 is 0 Å². The first kappa shape index (κ1) is 20.6. The SMILES string of the molecule is CCN(Cc1ccc2c(c1)OCO2)S(=O)(=O)c1cc(C)cc(S(C)(=O)=O)c1C. The predicted octanol–water partition coefficient (Wildman–Crippen LogP) is 2.65. The molecule has 0 spiro atoms. The summed E-state index contributed by atoms with van der Waals surface area (Å²) < 4.78 is 62.8. The first-order chi connectivity index (χ1) is 13.0. The van der Waals surface area contributed by atoms with Gasteiger partial charge in [-0.05, 0) is 54.8 Å². The van der Waals surface area contributed by atoms with Gasteiger partial charge in [-0.25, -0.2) is 16.8 Å². The predicted molar refractivity (Wildman–Crippen MR) is 105 cm³/mol. The van der Waals surface area contributed by atoms with Gasteiger partial charge >= 0.3 is 0 Å². The smallest absolute Gasteiger partial charge is 0.243 e.